The number of nitrogens with one attached hydrogen (secondary N) is 1. The van der Waals surface area contributed by atoms with Crippen LogP contribution in [0.5, 0.6) is 0 Å². The van der Waals surface area contributed by atoms with Gasteiger partial charge in [0.05, 0.1) is 12.7 Å². The number of morpholine rings is 1. The second-order valence-electron chi connectivity index (χ2n) is 5.08. The zero-order chi connectivity index (χ0) is 12.7. The molecule has 102 valence electrons. The molecule has 0 aliphatic carbocycles. The highest BCUT2D eigenvalue weighted by molar-refractivity contribution is 6.20. The molecule has 0 aromatic rings. The zero-order valence-electron chi connectivity index (χ0n) is 11.4. The highest BCUT2D eigenvalue weighted by Crippen LogP contribution is 2.08. The minimum Gasteiger partial charge on any atom is -0.374 e. The lowest BCUT2D eigenvalue weighted by atomic mass is 10.2. The fourth-order valence-electron chi connectivity index (χ4n) is 2.06. The number of rotatable bonds is 7. The largest absolute Gasteiger partial charge is 0.374 e. The van der Waals surface area contributed by atoms with Crippen molar-refractivity contribution in [2.45, 2.75) is 51.1 Å². The van der Waals surface area contributed by atoms with Gasteiger partial charge in [0.15, 0.2) is 0 Å². The summed E-state index contributed by atoms with van der Waals surface area (Å²) in [6.45, 7) is 11.5. The lowest BCUT2D eigenvalue weighted by molar-refractivity contribution is -0.0370. The molecular formula is C13H27ClN2O. The van der Waals surface area contributed by atoms with Crippen LogP contribution in [0.15, 0.2) is 0 Å². The van der Waals surface area contributed by atoms with E-state index in [1.54, 1.807) is 0 Å². The van der Waals surface area contributed by atoms with Gasteiger partial charge in [0.2, 0.25) is 0 Å². The van der Waals surface area contributed by atoms with E-state index in [1.165, 1.54) is 0 Å². The molecule has 2 unspecified atom stereocenters. The highest BCUT2D eigenvalue weighted by Gasteiger charge is 2.21. The molecule has 1 saturated heterocycles. The third-order valence-corrected chi connectivity index (χ3v) is 3.88. The maximum atomic E-state index is 6.07. The first-order valence-electron chi connectivity index (χ1n) is 6.84. The third kappa shape index (κ3) is 6.05. The Morgan fingerprint density at radius 3 is 2.88 bits per heavy atom. The molecule has 17 heavy (non-hydrogen) atoms. The van der Waals surface area contributed by atoms with Crippen molar-refractivity contribution >= 4 is 11.6 Å². The van der Waals surface area contributed by atoms with Crippen LogP contribution in [0.4, 0.5) is 0 Å². The Morgan fingerprint density at radius 1 is 1.47 bits per heavy atom. The van der Waals surface area contributed by atoms with E-state index in [0.29, 0.717) is 17.5 Å². The molecule has 1 heterocycles. The average molecular weight is 263 g/mol. The minimum absolute atomic E-state index is 0.307. The summed E-state index contributed by atoms with van der Waals surface area (Å²) >= 11 is 6.07. The Kier molecular flexibility index (Phi) is 7.44. The summed E-state index contributed by atoms with van der Waals surface area (Å²) in [6.07, 6.45) is 2.42. The maximum absolute atomic E-state index is 6.07. The fraction of sp³-hybridized carbons (Fsp3) is 1.00. The normalized spacial score (nSPS) is 24.2. The summed E-state index contributed by atoms with van der Waals surface area (Å²) in [5.74, 6) is 0. The van der Waals surface area contributed by atoms with E-state index in [0.717, 1.165) is 45.6 Å². The second kappa shape index (κ2) is 8.30. The van der Waals surface area contributed by atoms with E-state index in [2.05, 4.69) is 31.0 Å². The van der Waals surface area contributed by atoms with Gasteiger partial charge in [-0.2, -0.15) is 0 Å². The van der Waals surface area contributed by atoms with Gasteiger partial charge in [0.25, 0.3) is 0 Å². The molecule has 0 radical (unpaired) electrons. The Hall–Kier alpha value is 0.170. The van der Waals surface area contributed by atoms with Crippen molar-refractivity contribution in [1.29, 1.82) is 0 Å². The summed E-state index contributed by atoms with van der Waals surface area (Å²) in [5.41, 5.74) is 0. The molecule has 2 atom stereocenters. The van der Waals surface area contributed by atoms with Gasteiger partial charge in [-0.05, 0) is 33.2 Å². The first kappa shape index (κ1) is 15.2. The number of ether oxygens (including phenoxy) is 1. The molecule has 4 heteroatoms. The molecular weight excluding hydrogens is 236 g/mol. The quantitative estimate of drug-likeness (QED) is 0.562. The van der Waals surface area contributed by atoms with Crippen LogP contribution in [0.25, 0.3) is 0 Å². The standard InChI is InChI=1S/C13H27ClN2O/c1-4-12(14)5-6-15-9-13-10-16(11(2)3)7-8-17-13/h11-13,15H,4-10H2,1-3H3. The van der Waals surface area contributed by atoms with E-state index >= 15 is 0 Å². The van der Waals surface area contributed by atoms with Crippen LogP contribution >= 0.6 is 11.6 Å². The fourth-order valence-corrected chi connectivity index (χ4v) is 2.17. The number of hydrogen-bond donors (Lipinski definition) is 1. The van der Waals surface area contributed by atoms with Crippen molar-refractivity contribution in [3.8, 4) is 0 Å². The van der Waals surface area contributed by atoms with Crippen LogP contribution in [0.2, 0.25) is 0 Å². The first-order valence-corrected chi connectivity index (χ1v) is 7.27. The van der Waals surface area contributed by atoms with Crippen LogP contribution in [0.1, 0.15) is 33.6 Å². The van der Waals surface area contributed by atoms with Gasteiger partial charge in [-0.25, -0.2) is 0 Å². The molecule has 1 N–H and O–H groups in total. The topological polar surface area (TPSA) is 24.5 Å². The summed E-state index contributed by atoms with van der Waals surface area (Å²) in [6, 6.07) is 0.619. The number of alkyl halides is 1. The lowest BCUT2D eigenvalue weighted by Crippen LogP contribution is -2.49. The van der Waals surface area contributed by atoms with Crippen LogP contribution in [-0.4, -0.2) is 55.2 Å². The van der Waals surface area contributed by atoms with E-state index in [4.69, 9.17) is 16.3 Å². The van der Waals surface area contributed by atoms with E-state index in [9.17, 15) is 0 Å². The molecule has 0 spiro atoms. The third-order valence-electron chi connectivity index (χ3n) is 3.35. The Morgan fingerprint density at radius 2 is 2.24 bits per heavy atom. The monoisotopic (exact) mass is 262 g/mol. The van der Waals surface area contributed by atoms with Crippen molar-refractivity contribution in [2.75, 3.05) is 32.8 Å². The molecule has 1 fully saturated rings. The van der Waals surface area contributed by atoms with E-state index < -0.39 is 0 Å². The van der Waals surface area contributed by atoms with Crippen molar-refractivity contribution in [1.82, 2.24) is 10.2 Å². The highest BCUT2D eigenvalue weighted by atomic mass is 35.5. The minimum atomic E-state index is 0.307. The van der Waals surface area contributed by atoms with Crippen LogP contribution in [0.3, 0.4) is 0 Å². The van der Waals surface area contributed by atoms with Gasteiger partial charge in [0.1, 0.15) is 0 Å². The summed E-state index contributed by atoms with van der Waals surface area (Å²) < 4.78 is 5.75. The molecule has 1 rings (SSSR count). The van der Waals surface area contributed by atoms with Crippen LogP contribution in [-0.2, 0) is 4.74 Å². The van der Waals surface area contributed by atoms with Crippen molar-refractivity contribution in [3.05, 3.63) is 0 Å². The van der Waals surface area contributed by atoms with E-state index in [1.807, 2.05) is 0 Å². The average Bonchev–Trinajstić information content (AvgIpc) is 2.34. The number of halogens is 1. The molecule has 0 aromatic carbocycles. The lowest BCUT2D eigenvalue weighted by Gasteiger charge is -2.35. The van der Waals surface area contributed by atoms with E-state index in [-0.39, 0.29) is 0 Å². The molecule has 0 saturated carbocycles. The second-order valence-corrected chi connectivity index (χ2v) is 5.70. The molecule has 0 aromatic heterocycles. The Bertz CT molecular complexity index is 202. The molecule has 0 bridgehead atoms. The van der Waals surface area contributed by atoms with Crippen molar-refractivity contribution in [2.24, 2.45) is 0 Å². The Labute approximate surface area is 111 Å². The Balaban J connectivity index is 2.10. The SMILES string of the molecule is CCC(Cl)CCNCC1CN(C(C)C)CCO1. The van der Waals surface area contributed by atoms with Crippen molar-refractivity contribution < 1.29 is 4.74 Å². The van der Waals surface area contributed by atoms with Gasteiger partial charge < -0.3 is 10.1 Å². The summed E-state index contributed by atoms with van der Waals surface area (Å²) in [4.78, 5) is 2.48. The zero-order valence-corrected chi connectivity index (χ0v) is 12.2. The van der Waals surface area contributed by atoms with Crippen molar-refractivity contribution in [3.63, 3.8) is 0 Å². The van der Waals surface area contributed by atoms with Gasteiger partial charge in [-0.3, -0.25) is 4.90 Å². The van der Waals surface area contributed by atoms with Gasteiger partial charge in [-0.15, -0.1) is 11.6 Å². The van der Waals surface area contributed by atoms with Gasteiger partial charge in [0, 0.05) is 31.1 Å². The first-order chi connectivity index (χ1) is 8.13. The predicted molar refractivity (Wildman–Crippen MR) is 73.9 cm³/mol. The van der Waals surface area contributed by atoms with Gasteiger partial charge in [-0.1, -0.05) is 6.92 Å². The maximum Gasteiger partial charge on any atom is 0.0826 e. The predicted octanol–water partition coefficient (Wildman–Crippen LogP) is 2.09. The van der Waals surface area contributed by atoms with Gasteiger partial charge >= 0.3 is 0 Å². The molecule has 1 aliphatic heterocycles. The summed E-state index contributed by atoms with van der Waals surface area (Å²) in [5, 5.41) is 3.75. The van der Waals surface area contributed by atoms with Crippen LogP contribution in [0, 0.1) is 0 Å². The molecule has 0 amide bonds. The number of hydrogen-bond acceptors (Lipinski definition) is 3. The molecule has 1 aliphatic rings. The number of nitrogens with zero attached hydrogens (tertiary/aromatic N) is 1. The smallest absolute Gasteiger partial charge is 0.0826 e. The molecule has 3 nitrogen and oxygen atoms in total. The van der Waals surface area contributed by atoms with Crippen LogP contribution < -0.4 is 5.32 Å². The summed E-state index contributed by atoms with van der Waals surface area (Å²) in [7, 11) is 0.